The van der Waals surface area contributed by atoms with Crippen LogP contribution >= 0.6 is 0 Å². The van der Waals surface area contributed by atoms with Crippen LogP contribution in [0.15, 0.2) is 48.7 Å². The molecule has 0 radical (unpaired) electrons. The zero-order chi connectivity index (χ0) is 21.8. The number of carbonyl (C=O) groups is 1. The normalized spacial score (nSPS) is 14.5. The molecule has 1 aliphatic heterocycles. The molecule has 9 heteroatoms. The van der Waals surface area contributed by atoms with Crippen LogP contribution in [0.5, 0.6) is 0 Å². The number of amides is 1. The molecular weight excluding hydrogens is 401 g/mol. The van der Waals surface area contributed by atoms with Crippen molar-refractivity contribution in [2.24, 2.45) is 0 Å². The molecule has 1 saturated heterocycles. The molecule has 0 atom stereocenters. The van der Waals surface area contributed by atoms with Crippen molar-refractivity contribution in [3.05, 3.63) is 76.7 Å². The number of methoxy groups -OCH3 is 1. The highest BCUT2D eigenvalue weighted by atomic mass is 19.1. The molecule has 3 aromatic rings. The molecule has 2 heterocycles. The Morgan fingerprint density at radius 2 is 2.03 bits per heavy atom. The van der Waals surface area contributed by atoms with Crippen LogP contribution in [0.3, 0.4) is 0 Å². The Balaban J connectivity index is 1.34. The third-order valence-corrected chi connectivity index (χ3v) is 5.19. The van der Waals surface area contributed by atoms with Crippen LogP contribution in [-0.2, 0) is 32.8 Å². The first kappa shape index (κ1) is 20.7. The maximum absolute atomic E-state index is 13.7. The van der Waals surface area contributed by atoms with E-state index in [9.17, 15) is 9.18 Å². The van der Waals surface area contributed by atoms with Crippen LogP contribution in [0.1, 0.15) is 22.3 Å². The number of benzene rings is 2. The van der Waals surface area contributed by atoms with Gasteiger partial charge in [0.2, 0.25) is 5.91 Å². The number of ether oxygens (including phenoxy) is 2. The molecule has 158 valence electrons. The van der Waals surface area contributed by atoms with Crippen molar-refractivity contribution in [1.82, 2.24) is 15.0 Å². The second kappa shape index (κ2) is 8.63. The second-order valence-electron chi connectivity index (χ2n) is 7.30. The fraction of sp³-hybridized carbons (Fsp3) is 0.273. The van der Waals surface area contributed by atoms with Crippen molar-refractivity contribution >= 4 is 11.7 Å². The van der Waals surface area contributed by atoms with Gasteiger partial charge in [-0.05, 0) is 28.8 Å². The molecule has 1 fully saturated rings. The van der Waals surface area contributed by atoms with Gasteiger partial charge in [0.1, 0.15) is 17.5 Å². The van der Waals surface area contributed by atoms with Crippen LogP contribution in [0.2, 0.25) is 0 Å². The first-order valence-electron chi connectivity index (χ1n) is 9.62. The van der Waals surface area contributed by atoms with Gasteiger partial charge >= 0.3 is 0 Å². The number of nitrogens with zero attached hydrogens (tertiary/aromatic N) is 4. The highest BCUT2D eigenvalue weighted by Gasteiger charge is 2.40. The average Bonchev–Trinajstić information content (AvgIpc) is 3.15. The monoisotopic (exact) mass is 421 g/mol. The standard InChI is InChI=1S/C22H20FN5O3/c1-30-22(13-31-14-22)18-6-3-15(4-7-18)9-21(29)26-20-11-25-28(27-20)12-16-2-5-17(10-24)19(23)8-16/h2-8,11H,9,12-14H2,1H3,(H,26,27,29). The average molecular weight is 421 g/mol. The van der Waals surface area contributed by atoms with Crippen LogP contribution in [0.25, 0.3) is 0 Å². The summed E-state index contributed by atoms with van der Waals surface area (Å²) in [5.74, 6) is -0.508. The summed E-state index contributed by atoms with van der Waals surface area (Å²) in [6, 6.07) is 13.8. The van der Waals surface area contributed by atoms with Crippen molar-refractivity contribution in [2.75, 3.05) is 25.6 Å². The Kier molecular flexibility index (Phi) is 5.75. The predicted molar refractivity (Wildman–Crippen MR) is 109 cm³/mol. The first-order chi connectivity index (χ1) is 15.0. The molecule has 1 aromatic heterocycles. The first-order valence-corrected chi connectivity index (χ1v) is 9.62. The number of halogens is 1. The Hall–Kier alpha value is -3.61. The van der Waals surface area contributed by atoms with Gasteiger partial charge in [-0.2, -0.15) is 15.2 Å². The summed E-state index contributed by atoms with van der Waals surface area (Å²) in [5.41, 5.74) is 2.07. The Morgan fingerprint density at radius 3 is 2.65 bits per heavy atom. The van der Waals surface area contributed by atoms with Crippen molar-refractivity contribution in [2.45, 2.75) is 18.6 Å². The van der Waals surface area contributed by atoms with Crippen LogP contribution in [0.4, 0.5) is 10.2 Å². The topological polar surface area (TPSA) is 102 Å². The number of rotatable bonds is 7. The number of aromatic nitrogens is 3. The molecule has 31 heavy (non-hydrogen) atoms. The number of carbonyl (C=O) groups excluding carboxylic acids is 1. The molecule has 0 spiro atoms. The van der Waals surface area contributed by atoms with Crippen molar-refractivity contribution in [3.8, 4) is 6.07 Å². The molecule has 2 aromatic carbocycles. The summed E-state index contributed by atoms with van der Waals surface area (Å²) in [6.07, 6.45) is 1.62. The molecule has 0 saturated carbocycles. The third-order valence-electron chi connectivity index (χ3n) is 5.19. The van der Waals surface area contributed by atoms with Gasteiger partial charge in [0.25, 0.3) is 0 Å². The van der Waals surface area contributed by atoms with E-state index >= 15 is 0 Å². The third kappa shape index (κ3) is 4.45. The maximum Gasteiger partial charge on any atom is 0.230 e. The summed E-state index contributed by atoms with van der Waals surface area (Å²) in [5, 5.41) is 19.8. The summed E-state index contributed by atoms with van der Waals surface area (Å²) >= 11 is 0. The van der Waals surface area contributed by atoms with E-state index in [0.29, 0.717) is 24.6 Å². The van der Waals surface area contributed by atoms with E-state index in [1.54, 1.807) is 19.2 Å². The summed E-state index contributed by atoms with van der Waals surface area (Å²) in [6.45, 7) is 1.26. The van der Waals surface area contributed by atoms with Gasteiger partial charge in [0, 0.05) is 7.11 Å². The van der Waals surface area contributed by atoms with Gasteiger partial charge in [0.05, 0.1) is 37.9 Å². The van der Waals surface area contributed by atoms with Crippen molar-refractivity contribution < 1.29 is 18.7 Å². The highest BCUT2D eigenvalue weighted by Crippen LogP contribution is 2.33. The van der Waals surface area contributed by atoms with E-state index in [1.165, 1.54) is 23.1 Å². The fourth-order valence-electron chi connectivity index (χ4n) is 3.33. The van der Waals surface area contributed by atoms with Gasteiger partial charge in [-0.25, -0.2) is 4.39 Å². The van der Waals surface area contributed by atoms with Gasteiger partial charge in [0.15, 0.2) is 5.82 Å². The van der Waals surface area contributed by atoms with E-state index in [0.717, 1.165) is 11.1 Å². The molecule has 1 aliphatic rings. The fourth-order valence-corrected chi connectivity index (χ4v) is 3.33. The van der Waals surface area contributed by atoms with Crippen LogP contribution in [-0.4, -0.2) is 41.2 Å². The largest absolute Gasteiger partial charge is 0.375 e. The maximum atomic E-state index is 13.7. The minimum atomic E-state index is -0.590. The summed E-state index contributed by atoms with van der Waals surface area (Å²) < 4.78 is 24.6. The quantitative estimate of drug-likeness (QED) is 0.629. The van der Waals surface area contributed by atoms with Gasteiger partial charge in [-0.15, -0.1) is 5.10 Å². The number of nitrogens with one attached hydrogen (secondary N) is 1. The summed E-state index contributed by atoms with van der Waals surface area (Å²) in [7, 11) is 1.66. The van der Waals surface area contributed by atoms with Crippen LogP contribution in [0, 0.1) is 17.1 Å². The molecule has 1 N–H and O–H groups in total. The number of nitriles is 1. The van der Waals surface area contributed by atoms with E-state index in [4.69, 9.17) is 14.7 Å². The molecular formula is C22H20FN5O3. The Labute approximate surface area is 178 Å². The Morgan fingerprint density at radius 1 is 1.29 bits per heavy atom. The van der Waals surface area contributed by atoms with E-state index in [2.05, 4.69) is 15.5 Å². The molecule has 0 unspecified atom stereocenters. The van der Waals surface area contributed by atoms with Crippen molar-refractivity contribution in [3.63, 3.8) is 0 Å². The van der Waals surface area contributed by atoms with E-state index in [-0.39, 0.29) is 24.4 Å². The molecule has 0 aliphatic carbocycles. The van der Waals surface area contributed by atoms with E-state index in [1.807, 2.05) is 24.3 Å². The lowest BCUT2D eigenvalue weighted by molar-refractivity contribution is -0.202. The number of hydrogen-bond acceptors (Lipinski definition) is 6. The van der Waals surface area contributed by atoms with Gasteiger partial charge in [-0.1, -0.05) is 30.3 Å². The van der Waals surface area contributed by atoms with Gasteiger partial charge < -0.3 is 14.8 Å². The highest BCUT2D eigenvalue weighted by molar-refractivity contribution is 5.91. The predicted octanol–water partition coefficient (Wildman–Crippen LogP) is 2.39. The van der Waals surface area contributed by atoms with Crippen molar-refractivity contribution in [1.29, 1.82) is 5.26 Å². The minimum absolute atomic E-state index is 0.0171. The minimum Gasteiger partial charge on any atom is -0.375 e. The number of hydrogen-bond donors (Lipinski definition) is 1. The summed E-state index contributed by atoms with van der Waals surface area (Å²) in [4.78, 5) is 13.7. The number of anilines is 1. The Bertz CT molecular complexity index is 1130. The lowest BCUT2D eigenvalue weighted by Gasteiger charge is -2.40. The lowest BCUT2D eigenvalue weighted by Crippen LogP contribution is -2.48. The van der Waals surface area contributed by atoms with E-state index < -0.39 is 11.4 Å². The molecule has 4 rings (SSSR count). The SMILES string of the molecule is COC1(c2ccc(CC(=O)Nc3cnn(Cc4ccc(C#N)c(F)c4)n3)cc2)COC1. The van der Waals surface area contributed by atoms with Crippen LogP contribution < -0.4 is 5.32 Å². The zero-order valence-electron chi connectivity index (χ0n) is 16.8. The zero-order valence-corrected chi connectivity index (χ0v) is 16.8. The lowest BCUT2D eigenvalue weighted by atomic mass is 9.91. The molecule has 1 amide bonds. The smallest absolute Gasteiger partial charge is 0.230 e. The molecule has 0 bridgehead atoms. The second-order valence-corrected chi connectivity index (χ2v) is 7.30. The van der Waals surface area contributed by atoms with Gasteiger partial charge in [-0.3, -0.25) is 4.79 Å². The molecule has 8 nitrogen and oxygen atoms in total.